The van der Waals surface area contributed by atoms with E-state index in [1.165, 1.54) is 18.4 Å². The van der Waals surface area contributed by atoms with Crippen LogP contribution >= 0.6 is 0 Å². The van der Waals surface area contributed by atoms with Crippen LogP contribution in [0.4, 0.5) is 0 Å². The summed E-state index contributed by atoms with van der Waals surface area (Å²) in [6.45, 7) is 4.07. The molecule has 0 unspecified atom stereocenters. The van der Waals surface area contributed by atoms with Gasteiger partial charge in [0.1, 0.15) is 0 Å². The van der Waals surface area contributed by atoms with Crippen LogP contribution < -0.4 is 0 Å². The van der Waals surface area contributed by atoms with Crippen LogP contribution in [-0.4, -0.2) is 11.1 Å². The normalized spacial score (nSPS) is 20.4. The van der Waals surface area contributed by atoms with Crippen molar-refractivity contribution < 1.29 is 9.90 Å². The summed E-state index contributed by atoms with van der Waals surface area (Å²) in [4.78, 5) is 11.4. The fraction of sp³-hybridized carbons (Fsp3) is 0.769. The summed E-state index contributed by atoms with van der Waals surface area (Å²) in [6.07, 6.45) is 9.04. The molecule has 1 aliphatic rings. The lowest BCUT2D eigenvalue weighted by Gasteiger charge is -2.26. The molecule has 0 heterocycles. The lowest BCUT2D eigenvalue weighted by molar-refractivity contribution is -0.149. The molecule has 0 aromatic carbocycles. The van der Waals surface area contributed by atoms with Crippen LogP contribution in [0, 0.1) is 5.41 Å². The highest BCUT2D eigenvalue weighted by Crippen LogP contribution is 2.39. The van der Waals surface area contributed by atoms with E-state index in [4.69, 9.17) is 0 Å². The Morgan fingerprint density at radius 1 is 1.20 bits per heavy atom. The molecule has 2 nitrogen and oxygen atoms in total. The van der Waals surface area contributed by atoms with E-state index in [0.717, 1.165) is 25.7 Å². The van der Waals surface area contributed by atoms with Crippen LogP contribution in [0.15, 0.2) is 11.6 Å². The van der Waals surface area contributed by atoms with Crippen LogP contribution in [-0.2, 0) is 4.79 Å². The van der Waals surface area contributed by atoms with E-state index >= 15 is 0 Å². The molecule has 0 radical (unpaired) electrons. The molecular formula is C13H22O2. The minimum Gasteiger partial charge on any atom is -0.481 e. The lowest BCUT2D eigenvalue weighted by Crippen LogP contribution is -2.30. The second-order valence-corrected chi connectivity index (χ2v) is 4.99. The fourth-order valence-electron chi connectivity index (χ4n) is 2.31. The number of aliphatic carboxylic acids is 1. The van der Waals surface area contributed by atoms with Gasteiger partial charge in [0.05, 0.1) is 5.41 Å². The van der Waals surface area contributed by atoms with E-state index in [0.29, 0.717) is 6.42 Å². The van der Waals surface area contributed by atoms with Crippen molar-refractivity contribution in [3.05, 3.63) is 11.6 Å². The van der Waals surface area contributed by atoms with Crippen molar-refractivity contribution in [1.29, 1.82) is 0 Å². The molecule has 1 aliphatic carbocycles. The summed E-state index contributed by atoms with van der Waals surface area (Å²) >= 11 is 0. The van der Waals surface area contributed by atoms with Crippen molar-refractivity contribution in [3.63, 3.8) is 0 Å². The van der Waals surface area contributed by atoms with Crippen molar-refractivity contribution in [2.45, 2.75) is 58.8 Å². The quantitative estimate of drug-likeness (QED) is 0.568. The van der Waals surface area contributed by atoms with Gasteiger partial charge in [-0.05, 0) is 33.1 Å². The Morgan fingerprint density at radius 2 is 1.73 bits per heavy atom. The molecule has 1 saturated carbocycles. The van der Waals surface area contributed by atoms with E-state index < -0.39 is 11.4 Å². The number of carboxylic acids is 1. The SMILES string of the molecule is CC(C)=CCC1(C(=O)O)CCCCCC1. The zero-order valence-electron chi connectivity index (χ0n) is 9.88. The van der Waals surface area contributed by atoms with Crippen molar-refractivity contribution in [2.75, 3.05) is 0 Å². The van der Waals surface area contributed by atoms with Gasteiger partial charge in [-0.3, -0.25) is 4.79 Å². The predicted molar refractivity (Wildman–Crippen MR) is 61.8 cm³/mol. The van der Waals surface area contributed by atoms with E-state index in [9.17, 15) is 9.90 Å². The second kappa shape index (κ2) is 5.34. The summed E-state index contributed by atoms with van der Waals surface area (Å²) in [6, 6.07) is 0. The molecule has 0 amide bonds. The Labute approximate surface area is 92.4 Å². The molecule has 0 aromatic rings. The van der Waals surface area contributed by atoms with Crippen LogP contribution in [0.3, 0.4) is 0 Å². The van der Waals surface area contributed by atoms with Crippen LogP contribution in [0.25, 0.3) is 0 Å². The van der Waals surface area contributed by atoms with E-state index in [2.05, 4.69) is 6.08 Å². The average Bonchev–Trinajstić information content (AvgIpc) is 2.40. The highest BCUT2D eigenvalue weighted by Gasteiger charge is 2.37. The number of hydrogen-bond acceptors (Lipinski definition) is 1. The Kier molecular flexibility index (Phi) is 4.37. The standard InChI is InChI=1S/C13H22O2/c1-11(2)7-10-13(12(14)15)8-5-3-4-6-9-13/h7H,3-6,8-10H2,1-2H3,(H,14,15). The second-order valence-electron chi connectivity index (χ2n) is 4.99. The van der Waals surface area contributed by atoms with Gasteiger partial charge in [-0.25, -0.2) is 0 Å². The number of allylic oxidation sites excluding steroid dienone is 2. The van der Waals surface area contributed by atoms with E-state index in [1.54, 1.807) is 0 Å². The Hall–Kier alpha value is -0.790. The van der Waals surface area contributed by atoms with Crippen molar-refractivity contribution in [2.24, 2.45) is 5.41 Å². The topological polar surface area (TPSA) is 37.3 Å². The van der Waals surface area contributed by atoms with Crippen molar-refractivity contribution in [3.8, 4) is 0 Å². The summed E-state index contributed by atoms with van der Waals surface area (Å²) in [5.41, 5.74) is 0.758. The molecule has 1 rings (SSSR count). The number of hydrogen-bond donors (Lipinski definition) is 1. The molecule has 15 heavy (non-hydrogen) atoms. The summed E-state index contributed by atoms with van der Waals surface area (Å²) in [5, 5.41) is 9.40. The first-order chi connectivity index (χ1) is 7.07. The summed E-state index contributed by atoms with van der Waals surface area (Å²) in [7, 11) is 0. The van der Waals surface area contributed by atoms with Gasteiger partial charge < -0.3 is 5.11 Å². The smallest absolute Gasteiger partial charge is 0.309 e. The van der Waals surface area contributed by atoms with Crippen molar-refractivity contribution in [1.82, 2.24) is 0 Å². The van der Waals surface area contributed by atoms with Gasteiger partial charge in [-0.2, -0.15) is 0 Å². The third-order valence-corrected chi connectivity index (χ3v) is 3.42. The average molecular weight is 210 g/mol. The molecule has 0 atom stereocenters. The molecule has 0 saturated heterocycles. The lowest BCUT2D eigenvalue weighted by atomic mass is 9.77. The first-order valence-corrected chi connectivity index (χ1v) is 5.94. The zero-order valence-corrected chi connectivity index (χ0v) is 9.88. The molecule has 1 N–H and O–H groups in total. The molecule has 0 aliphatic heterocycles. The Balaban J connectivity index is 2.76. The van der Waals surface area contributed by atoms with Gasteiger partial charge in [0.2, 0.25) is 0 Å². The molecule has 2 heteroatoms. The third kappa shape index (κ3) is 3.37. The van der Waals surface area contributed by atoms with Crippen molar-refractivity contribution >= 4 is 5.97 Å². The predicted octanol–water partition coefficient (Wildman–Crippen LogP) is 3.77. The number of rotatable bonds is 3. The van der Waals surface area contributed by atoms with E-state index in [-0.39, 0.29) is 0 Å². The van der Waals surface area contributed by atoms with Gasteiger partial charge in [0, 0.05) is 0 Å². The van der Waals surface area contributed by atoms with Gasteiger partial charge >= 0.3 is 5.97 Å². The molecule has 1 fully saturated rings. The zero-order chi connectivity index (χ0) is 11.3. The monoisotopic (exact) mass is 210 g/mol. The molecule has 0 spiro atoms. The molecule has 86 valence electrons. The highest BCUT2D eigenvalue weighted by atomic mass is 16.4. The Morgan fingerprint density at radius 3 is 2.13 bits per heavy atom. The van der Waals surface area contributed by atoms with Gasteiger partial charge in [0.25, 0.3) is 0 Å². The number of carbonyl (C=O) groups is 1. The van der Waals surface area contributed by atoms with Gasteiger partial charge in [-0.15, -0.1) is 0 Å². The van der Waals surface area contributed by atoms with Crippen LogP contribution in [0.5, 0.6) is 0 Å². The van der Waals surface area contributed by atoms with Gasteiger partial charge in [0.15, 0.2) is 0 Å². The maximum atomic E-state index is 11.4. The third-order valence-electron chi connectivity index (χ3n) is 3.42. The summed E-state index contributed by atoms with van der Waals surface area (Å²) < 4.78 is 0. The minimum atomic E-state index is -0.595. The molecule has 0 aromatic heterocycles. The minimum absolute atomic E-state index is 0.465. The van der Waals surface area contributed by atoms with E-state index in [1.807, 2.05) is 13.8 Å². The van der Waals surface area contributed by atoms with Crippen LogP contribution in [0.2, 0.25) is 0 Å². The summed E-state index contributed by atoms with van der Waals surface area (Å²) in [5.74, 6) is -0.595. The maximum absolute atomic E-state index is 11.4. The Bertz CT molecular complexity index is 241. The molecule has 0 bridgehead atoms. The van der Waals surface area contributed by atoms with Crippen LogP contribution in [0.1, 0.15) is 58.8 Å². The maximum Gasteiger partial charge on any atom is 0.309 e. The number of carboxylic acid groups (broad SMARTS) is 1. The fourth-order valence-corrected chi connectivity index (χ4v) is 2.31. The highest BCUT2D eigenvalue weighted by molar-refractivity contribution is 5.74. The largest absolute Gasteiger partial charge is 0.481 e. The first-order valence-electron chi connectivity index (χ1n) is 5.94. The first kappa shape index (κ1) is 12.3. The van der Waals surface area contributed by atoms with Gasteiger partial charge in [-0.1, -0.05) is 37.3 Å². The molecular weight excluding hydrogens is 188 g/mol.